The Morgan fingerprint density at radius 3 is 2.49 bits per heavy atom. The molecule has 0 aliphatic carbocycles. The maximum atomic E-state index is 14.1. The Morgan fingerprint density at radius 1 is 1.03 bits per heavy atom. The molecule has 10 heteroatoms. The number of para-hydroxylation sites is 2. The van der Waals surface area contributed by atoms with Crippen LogP contribution in [-0.2, 0) is 19.1 Å². The maximum absolute atomic E-state index is 14.1. The molecule has 0 fully saturated rings. The van der Waals surface area contributed by atoms with Gasteiger partial charge in [-0.05, 0) is 58.2 Å². The van der Waals surface area contributed by atoms with Gasteiger partial charge in [0.1, 0.15) is 29.6 Å². The van der Waals surface area contributed by atoms with Crippen molar-refractivity contribution in [3.63, 3.8) is 0 Å². The van der Waals surface area contributed by atoms with Gasteiger partial charge in [-0.15, -0.1) is 0 Å². The van der Waals surface area contributed by atoms with Gasteiger partial charge >= 0.3 is 6.18 Å². The fourth-order valence-corrected chi connectivity index (χ4v) is 4.61. The summed E-state index contributed by atoms with van der Waals surface area (Å²) in [7, 11) is 1.60. The van der Waals surface area contributed by atoms with Gasteiger partial charge in [0.2, 0.25) is 11.2 Å². The summed E-state index contributed by atoms with van der Waals surface area (Å²) in [5.74, 6) is -1.23. The summed E-state index contributed by atoms with van der Waals surface area (Å²) in [6.45, 7) is 1.04. The summed E-state index contributed by atoms with van der Waals surface area (Å²) in [6, 6.07) is 16.9. The summed E-state index contributed by atoms with van der Waals surface area (Å²) < 4.78 is 64.7. The number of fused-ring (bicyclic) bond motifs is 3. The van der Waals surface area contributed by atoms with Crippen LogP contribution in [0.1, 0.15) is 16.9 Å². The molecule has 0 atom stereocenters. The van der Waals surface area contributed by atoms with E-state index in [1.807, 2.05) is 29.2 Å². The normalized spacial score (nSPS) is 13.8. The lowest BCUT2D eigenvalue weighted by Crippen LogP contribution is -2.34. The van der Waals surface area contributed by atoms with Crippen LogP contribution in [-0.4, -0.2) is 25.3 Å². The van der Waals surface area contributed by atoms with Crippen LogP contribution in [0.4, 0.5) is 13.2 Å². The highest BCUT2D eigenvalue weighted by Gasteiger charge is 2.41. The van der Waals surface area contributed by atoms with Crippen LogP contribution in [0.2, 0.25) is 0 Å². The molecule has 3 aromatic carbocycles. The fourth-order valence-electron chi connectivity index (χ4n) is 4.24. The zero-order valence-electron chi connectivity index (χ0n) is 19.6. The molecule has 192 valence electrons. The van der Waals surface area contributed by atoms with E-state index in [9.17, 15) is 18.0 Å². The van der Waals surface area contributed by atoms with Crippen LogP contribution in [0, 0.1) is 0 Å². The van der Waals surface area contributed by atoms with E-state index in [1.54, 1.807) is 31.4 Å². The number of halogens is 4. The Balaban J connectivity index is 1.52. The number of ether oxygens (including phenoxy) is 3. The van der Waals surface area contributed by atoms with Crippen molar-refractivity contribution < 1.29 is 31.8 Å². The van der Waals surface area contributed by atoms with Crippen molar-refractivity contribution in [3.8, 4) is 23.0 Å². The molecule has 0 bridgehead atoms. The fraction of sp³-hybridized carbons (Fsp3) is 0.222. The molecule has 1 aliphatic rings. The predicted octanol–water partition coefficient (Wildman–Crippen LogP) is 6.77. The van der Waals surface area contributed by atoms with Crippen molar-refractivity contribution in [3.05, 3.63) is 92.2 Å². The van der Waals surface area contributed by atoms with Gasteiger partial charge in [-0.1, -0.05) is 30.3 Å². The van der Waals surface area contributed by atoms with Crippen molar-refractivity contribution in [2.45, 2.75) is 19.1 Å². The van der Waals surface area contributed by atoms with Crippen molar-refractivity contribution >= 4 is 26.9 Å². The Bertz CT molecular complexity index is 1520. The summed E-state index contributed by atoms with van der Waals surface area (Å²) in [5, 5.41) is -0.0241. The molecule has 0 spiro atoms. The molecular weight excluding hydrogens is 555 g/mol. The van der Waals surface area contributed by atoms with Crippen molar-refractivity contribution in [2.24, 2.45) is 0 Å². The molecule has 2 heterocycles. The predicted molar refractivity (Wildman–Crippen MR) is 134 cm³/mol. The minimum Gasteiger partial charge on any atom is -0.496 e. The van der Waals surface area contributed by atoms with Crippen LogP contribution in [0.15, 0.2) is 74.3 Å². The first-order chi connectivity index (χ1) is 17.8. The summed E-state index contributed by atoms with van der Waals surface area (Å²) in [6.07, 6.45) is -4.33. The Labute approximate surface area is 218 Å². The monoisotopic (exact) mass is 575 g/mol. The molecular formula is C27H21BrF3NO5. The van der Waals surface area contributed by atoms with E-state index in [0.29, 0.717) is 28.8 Å². The largest absolute Gasteiger partial charge is 0.496 e. The van der Waals surface area contributed by atoms with Gasteiger partial charge in [0.25, 0.3) is 5.76 Å². The second kappa shape index (κ2) is 10.1. The second-order valence-electron chi connectivity index (χ2n) is 8.43. The number of alkyl halides is 3. The Kier molecular flexibility index (Phi) is 6.87. The number of hydrogen-bond donors (Lipinski definition) is 0. The molecule has 5 rings (SSSR count). The number of rotatable bonds is 6. The number of benzene rings is 3. The molecule has 4 aromatic rings. The quantitative estimate of drug-likeness (QED) is 0.253. The van der Waals surface area contributed by atoms with Crippen LogP contribution in [0.25, 0.3) is 11.0 Å². The molecule has 1 aromatic heterocycles. The highest BCUT2D eigenvalue weighted by Crippen LogP contribution is 2.41. The smallest absolute Gasteiger partial charge is 0.453 e. The van der Waals surface area contributed by atoms with Crippen LogP contribution >= 0.6 is 15.9 Å². The minimum absolute atomic E-state index is 0.0241. The average Bonchev–Trinajstić information content (AvgIpc) is 2.89. The second-order valence-corrected chi connectivity index (χ2v) is 9.28. The standard InChI is InChI=1S/C27H21BrF3NO5/c1-34-20-8-4-2-6-16(20)12-13-32-14-18-21(35-15-32)11-10-17-23(33)25(26(27(29,30)31)37-24(17)18)36-22-9-5-3-7-19(22)28/h2-11H,12-15H2,1H3. The molecule has 1 aliphatic heterocycles. The lowest BCUT2D eigenvalue weighted by molar-refractivity contribution is -0.154. The third kappa shape index (κ3) is 5.03. The van der Waals surface area contributed by atoms with Gasteiger partial charge in [0.15, 0.2) is 0 Å². The number of hydrogen-bond acceptors (Lipinski definition) is 6. The first-order valence-corrected chi connectivity index (χ1v) is 12.1. The van der Waals surface area contributed by atoms with Gasteiger partial charge in [-0.3, -0.25) is 9.69 Å². The molecule has 0 saturated heterocycles. The van der Waals surface area contributed by atoms with Gasteiger partial charge < -0.3 is 18.6 Å². The van der Waals surface area contributed by atoms with E-state index < -0.39 is 23.1 Å². The first-order valence-electron chi connectivity index (χ1n) is 11.4. The van der Waals surface area contributed by atoms with Crippen molar-refractivity contribution in [2.75, 3.05) is 20.4 Å². The first kappa shape index (κ1) is 25.2. The molecule has 0 N–H and O–H groups in total. The topological polar surface area (TPSA) is 61.1 Å². The molecule has 0 saturated carbocycles. The summed E-state index contributed by atoms with van der Waals surface area (Å²) >= 11 is 3.23. The lowest BCUT2D eigenvalue weighted by Gasteiger charge is -2.29. The van der Waals surface area contributed by atoms with E-state index in [0.717, 1.165) is 11.3 Å². The number of methoxy groups -OCH3 is 1. The SMILES string of the molecule is COc1ccccc1CCN1COc2ccc3c(=O)c(Oc4ccccc4Br)c(C(F)(F)F)oc3c2C1. The molecule has 37 heavy (non-hydrogen) atoms. The van der Waals surface area contributed by atoms with E-state index in [2.05, 4.69) is 15.9 Å². The van der Waals surface area contributed by atoms with E-state index in [4.69, 9.17) is 18.6 Å². The average molecular weight is 576 g/mol. The van der Waals surface area contributed by atoms with E-state index in [-0.39, 0.29) is 30.0 Å². The van der Waals surface area contributed by atoms with Gasteiger partial charge in [-0.2, -0.15) is 13.2 Å². The Morgan fingerprint density at radius 2 is 1.76 bits per heavy atom. The van der Waals surface area contributed by atoms with Crippen LogP contribution in [0.5, 0.6) is 23.0 Å². The van der Waals surface area contributed by atoms with Gasteiger partial charge in [0, 0.05) is 13.1 Å². The lowest BCUT2D eigenvalue weighted by atomic mass is 10.1. The Hall–Kier alpha value is -3.50. The third-order valence-corrected chi connectivity index (χ3v) is 6.71. The van der Waals surface area contributed by atoms with Crippen molar-refractivity contribution in [1.82, 2.24) is 4.90 Å². The van der Waals surface area contributed by atoms with Crippen LogP contribution in [0.3, 0.4) is 0 Å². The number of nitrogens with zero attached hydrogens (tertiary/aromatic N) is 1. The van der Waals surface area contributed by atoms with Gasteiger partial charge in [0.05, 0.1) is 22.5 Å². The maximum Gasteiger partial charge on any atom is 0.453 e. The van der Waals surface area contributed by atoms with Gasteiger partial charge in [-0.25, -0.2) is 0 Å². The summed E-state index contributed by atoms with van der Waals surface area (Å²) in [4.78, 5) is 15.2. The molecule has 6 nitrogen and oxygen atoms in total. The zero-order valence-corrected chi connectivity index (χ0v) is 21.2. The molecule has 0 amide bonds. The molecule has 0 radical (unpaired) electrons. The highest BCUT2D eigenvalue weighted by molar-refractivity contribution is 9.10. The minimum atomic E-state index is -4.97. The van der Waals surface area contributed by atoms with Crippen molar-refractivity contribution in [1.29, 1.82) is 0 Å². The molecule has 0 unspecified atom stereocenters. The third-order valence-electron chi connectivity index (χ3n) is 6.06. The van der Waals surface area contributed by atoms with E-state index >= 15 is 0 Å². The van der Waals surface area contributed by atoms with Crippen LogP contribution < -0.4 is 19.6 Å². The van der Waals surface area contributed by atoms with E-state index in [1.165, 1.54) is 12.1 Å². The summed E-state index contributed by atoms with van der Waals surface area (Å²) in [5.41, 5.74) is 0.279. The zero-order chi connectivity index (χ0) is 26.2. The highest BCUT2D eigenvalue weighted by atomic mass is 79.9.